The zero-order valence-electron chi connectivity index (χ0n) is 37.4. The molecule has 1 unspecified atom stereocenters. The van der Waals surface area contributed by atoms with Crippen LogP contribution in [0, 0.1) is 5.92 Å². The Morgan fingerprint density at radius 1 is 0.836 bits per heavy atom. The molecular weight excluding hydrogens is 764 g/mol. The summed E-state index contributed by atoms with van der Waals surface area (Å²) in [5, 5.41) is 0.440. The monoisotopic (exact) mass is 840 g/mol. The third kappa shape index (κ3) is 13.6. The van der Waals surface area contributed by atoms with Gasteiger partial charge in [-0.2, -0.15) is 0 Å². The largest absolute Gasteiger partial charge is 0.497 e. The van der Waals surface area contributed by atoms with Crippen molar-refractivity contribution in [3.63, 3.8) is 0 Å². The summed E-state index contributed by atoms with van der Waals surface area (Å²) in [7, 11) is -3.69. The Morgan fingerprint density at radius 3 is 1.82 bits per heavy atom. The van der Waals surface area contributed by atoms with Crippen LogP contribution in [0.3, 0.4) is 0 Å². The van der Waals surface area contributed by atoms with Crippen molar-refractivity contribution in [2.45, 2.75) is 186 Å². The molecule has 0 N–H and O–H groups in total. The summed E-state index contributed by atoms with van der Waals surface area (Å²) in [5.74, 6) is 0.000130. The second-order valence-electron chi connectivity index (χ2n) is 18.6. The molecule has 0 spiro atoms. The summed E-state index contributed by atoms with van der Waals surface area (Å²) in [6.07, 6.45) is -1.44. The van der Waals surface area contributed by atoms with E-state index in [1.807, 2.05) is 31.2 Å². The molecule has 0 bridgehead atoms. The molecule has 0 radical (unpaired) electrons. The SMILES string of the molecule is C=C(Cl)CC(O[Si](CC)(CC)CC)[C@H](CC(=C)C[C@H]1O[C@@H](C(=O)OC)[C@H](C)[C@@H](OCc2ccc(OC)cc2)[C@@H]1O[Si](C)(C)C(C)(C)C)O[Si](C)(C)C(C)(C)C. The maximum atomic E-state index is 13.4. The first-order chi connectivity index (χ1) is 25.3. The van der Waals surface area contributed by atoms with Crippen LogP contribution in [0.15, 0.2) is 48.0 Å². The van der Waals surface area contributed by atoms with E-state index in [9.17, 15) is 4.79 Å². The van der Waals surface area contributed by atoms with E-state index < -0.39 is 55.3 Å². The van der Waals surface area contributed by atoms with Crippen LogP contribution in [0.2, 0.25) is 54.4 Å². The van der Waals surface area contributed by atoms with Gasteiger partial charge in [0.15, 0.2) is 31.1 Å². The lowest BCUT2D eigenvalue weighted by molar-refractivity contribution is -0.218. The minimum Gasteiger partial charge on any atom is -0.497 e. The zero-order chi connectivity index (χ0) is 42.2. The molecule has 1 saturated heterocycles. The molecule has 8 nitrogen and oxygen atoms in total. The average molecular weight is 842 g/mol. The van der Waals surface area contributed by atoms with Gasteiger partial charge in [-0.05, 0) is 84.9 Å². The Morgan fingerprint density at radius 2 is 1.36 bits per heavy atom. The number of esters is 1. The standard InChI is InChI=1S/C43H77ClO8Si3/c1-19-55(20-2,21-3)51-36(28-31(5)44)35(50-53(15,16)42(7,8)9)26-30(4)27-37-40(52-54(17,18)43(10,11)12)38(32(6)39(49-37)41(45)47-14)48-29-33-22-24-34(46-13)25-23-33/h22-25,32,35-40H,4-5,19-21,26-29H2,1-3,6-18H3/t32-,35+,36?,37-,38-,39-,40-/m1/s1. The maximum absolute atomic E-state index is 13.4. The number of hydrogen-bond acceptors (Lipinski definition) is 8. The van der Waals surface area contributed by atoms with Gasteiger partial charge in [0.05, 0.1) is 51.3 Å². The molecule has 0 amide bonds. The lowest BCUT2D eigenvalue weighted by Gasteiger charge is -2.49. The highest BCUT2D eigenvalue weighted by atomic mass is 35.5. The molecule has 55 heavy (non-hydrogen) atoms. The van der Waals surface area contributed by atoms with E-state index in [4.69, 9.17) is 43.8 Å². The Hall–Kier alpha value is -1.29. The number of carbonyl (C=O) groups excluding carboxylic acids is 1. The zero-order valence-corrected chi connectivity index (χ0v) is 41.1. The number of rotatable bonds is 21. The van der Waals surface area contributed by atoms with Gasteiger partial charge in [0.1, 0.15) is 5.75 Å². The van der Waals surface area contributed by atoms with Crippen molar-refractivity contribution >= 4 is 42.5 Å². The van der Waals surface area contributed by atoms with E-state index in [1.54, 1.807) is 7.11 Å². The van der Waals surface area contributed by atoms with E-state index in [2.05, 4.69) is 102 Å². The molecule has 0 aliphatic carbocycles. The van der Waals surface area contributed by atoms with Crippen molar-refractivity contribution in [3.8, 4) is 5.75 Å². The first-order valence-corrected chi connectivity index (χ1v) is 29.0. The molecular formula is C43H77ClO8Si3. The molecule has 0 aromatic heterocycles. The maximum Gasteiger partial charge on any atom is 0.335 e. The van der Waals surface area contributed by atoms with Gasteiger partial charge in [-0.25, -0.2) is 4.79 Å². The summed E-state index contributed by atoms with van der Waals surface area (Å²) in [6, 6.07) is 10.9. The fourth-order valence-corrected chi connectivity index (χ4v) is 12.4. The third-order valence-corrected chi connectivity index (χ3v) is 26.5. The Kier molecular flexibility index (Phi) is 18.7. The fourth-order valence-electron chi connectivity index (χ4n) is 6.69. The molecule has 1 aliphatic rings. The van der Waals surface area contributed by atoms with Crippen LogP contribution in [0.4, 0.5) is 0 Å². The highest BCUT2D eigenvalue weighted by Crippen LogP contribution is 2.44. The molecule has 1 aromatic rings. The number of hydrogen-bond donors (Lipinski definition) is 0. The van der Waals surface area contributed by atoms with E-state index >= 15 is 0 Å². The first kappa shape index (κ1) is 49.9. The molecule has 0 saturated carbocycles. The second-order valence-corrected chi connectivity index (χ2v) is 33.4. The molecule has 1 aromatic carbocycles. The lowest BCUT2D eigenvalue weighted by Crippen LogP contribution is -2.61. The van der Waals surface area contributed by atoms with Crippen LogP contribution in [0.5, 0.6) is 5.75 Å². The summed E-state index contributed by atoms with van der Waals surface area (Å²) >= 11 is 6.60. The van der Waals surface area contributed by atoms with Crippen LogP contribution in [-0.4, -0.2) is 81.8 Å². The molecule has 1 fully saturated rings. The van der Waals surface area contributed by atoms with Gasteiger partial charge in [0, 0.05) is 17.4 Å². The summed E-state index contributed by atoms with van der Waals surface area (Å²) in [6.45, 7) is 40.3. The van der Waals surface area contributed by atoms with Crippen LogP contribution >= 0.6 is 11.6 Å². The van der Waals surface area contributed by atoms with Crippen molar-refractivity contribution < 1.29 is 37.0 Å². The van der Waals surface area contributed by atoms with E-state index in [1.165, 1.54) is 7.11 Å². The second kappa shape index (κ2) is 20.6. The van der Waals surface area contributed by atoms with Gasteiger partial charge in [0.2, 0.25) is 0 Å². The Balaban J connectivity index is 2.65. The van der Waals surface area contributed by atoms with Crippen molar-refractivity contribution in [1.29, 1.82) is 0 Å². The van der Waals surface area contributed by atoms with Crippen molar-refractivity contribution in [2.75, 3.05) is 14.2 Å². The van der Waals surface area contributed by atoms with Crippen LogP contribution < -0.4 is 4.74 Å². The summed E-state index contributed by atoms with van der Waals surface area (Å²) < 4.78 is 46.0. The highest BCUT2D eigenvalue weighted by Gasteiger charge is 2.52. The van der Waals surface area contributed by atoms with E-state index in [0.717, 1.165) is 35.0 Å². The van der Waals surface area contributed by atoms with Crippen molar-refractivity contribution in [2.24, 2.45) is 5.92 Å². The van der Waals surface area contributed by atoms with Crippen molar-refractivity contribution in [1.82, 2.24) is 0 Å². The minimum atomic E-state index is -2.38. The number of carbonyl (C=O) groups is 1. The van der Waals surface area contributed by atoms with Gasteiger partial charge in [-0.15, -0.1) is 0 Å². The summed E-state index contributed by atoms with van der Waals surface area (Å²) in [4.78, 5) is 13.4. The first-order valence-electron chi connectivity index (χ1n) is 20.3. The fraction of sp³-hybridized carbons (Fsp3) is 0.744. The van der Waals surface area contributed by atoms with Crippen LogP contribution in [0.25, 0.3) is 0 Å². The molecule has 1 heterocycles. The quantitative estimate of drug-likeness (QED) is 0.0688. The van der Waals surface area contributed by atoms with Gasteiger partial charge in [-0.1, -0.05) is 112 Å². The number of ether oxygens (including phenoxy) is 4. The Labute approximate surface area is 343 Å². The molecule has 12 heteroatoms. The summed E-state index contributed by atoms with van der Waals surface area (Å²) in [5.41, 5.74) is 1.92. The average Bonchev–Trinajstić information content (AvgIpc) is 3.09. The van der Waals surface area contributed by atoms with Crippen LogP contribution in [0.1, 0.15) is 94.1 Å². The molecule has 1 aliphatic heterocycles. The topological polar surface area (TPSA) is 81.7 Å². The predicted molar refractivity (Wildman–Crippen MR) is 236 cm³/mol. The van der Waals surface area contributed by atoms with Gasteiger partial charge >= 0.3 is 5.97 Å². The van der Waals surface area contributed by atoms with Crippen molar-refractivity contribution in [3.05, 3.63) is 53.6 Å². The lowest BCUT2D eigenvalue weighted by atomic mass is 9.85. The van der Waals surface area contributed by atoms with Gasteiger partial charge in [-0.3, -0.25) is 0 Å². The van der Waals surface area contributed by atoms with E-state index in [-0.39, 0.29) is 28.2 Å². The molecule has 7 atom stereocenters. The van der Waals surface area contributed by atoms with E-state index in [0.29, 0.717) is 30.9 Å². The third-order valence-electron chi connectivity index (χ3n) is 12.7. The normalized spacial score (nSPS) is 22.5. The Bertz CT molecular complexity index is 1380. The van der Waals surface area contributed by atoms with Gasteiger partial charge < -0.3 is 32.2 Å². The van der Waals surface area contributed by atoms with Gasteiger partial charge in [0.25, 0.3) is 0 Å². The molecule has 316 valence electrons. The molecule has 2 rings (SSSR count). The number of methoxy groups -OCH3 is 2. The number of benzene rings is 1. The predicted octanol–water partition coefficient (Wildman–Crippen LogP) is 11.8. The highest BCUT2D eigenvalue weighted by molar-refractivity contribution is 6.75. The minimum absolute atomic E-state index is 0.0310. The van der Waals surface area contributed by atoms with Crippen LogP contribution in [-0.2, 0) is 38.9 Å². The number of halogens is 1. The smallest absolute Gasteiger partial charge is 0.335 e.